The van der Waals surface area contributed by atoms with E-state index < -0.39 is 6.10 Å². The zero-order chi connectivity index (χ0) is 18.1. The van der Waals surface area contributed by atoms with Crippen LogP contribution in [0.1, 0.15) is 53.2 Å². The molecular formula is C19H22N4O3. The van der Waals surface area contributed by atoms with E-state index in [9.17, 15) is 9.59 Å². The molecule has 1 aromatic carbocycles. The van der Waals surface area contributed by atoms with Gasteiger partial charge in [-0.25, -0.2) is 4.68 Å². The third-order valence-electron chi connectivity index (χ3n) is 4.88. The van der Waals surface area contributed by atoms with Crippen molar-refractivity contribution in [1.29, 1.82) is 0 Å². The van der Waals surface area contributed by atoms with E-state index in [0.29, 0.717) is 24.5 Å². The van der Waals surface area contributed by atoms with Crippen LogP contribution in [0.25, 0.3) is 5.69 Å². The minimum atomic E-state index is -0.479. The summed E-state index contributed by atoms with van der Waals surface area (Å²) in [6.07, 6.45) is 4.72. The molecule has 0 bridgehead atoms. The molecule has 2 heterocycles. The van der Waals surface area contributed by atoms with Gasteiger partial charge in [-0.15, -0.1) is 0 Å². The summed E-state index contributed by atoms with van der Waals surface area (Å²) < 4.78 is 7.17. The van der Waals surface area contributed by atoms with Crippen LogP contribution in [0.3, 0.4) is 0 Å². The number of aryl methyl sites for hydroxylation is 1. The Morgan fingerprint density at radius 2 is 2.00 bits per heavy atom. The lowest BCUT2D eigenvalue weighted by atomic mass is 10.1. The highest BCUT2D eigenvalue weighted by molar-refractivity contribution is 5.97. The monoisotopic (exact) mass is 354 g/mol. The summed E-state index contributed by atoms with van der Waals surface area (Å²) in [5.41, 5.74) is 8.45. The van der Waals surface area contributed by atoms with Gasteiger partial charge in [0, 0.05) is 12.5 Å². The first kappa shape index (κ1) is 16.8. The van der Waals surface area contributed by atoms with Crippen LogP contribution in [-0.4, -0.2) is 34.3 Å². The standard InChI is InChI=1S/C19H22N4O3/c1-12-5-2-3-6-15(12)23-17(13-8-9-13)14(11-20-23)18(24)21-22-19(25)16-7-4-10-26-16/h2-3,5-6,11,13,16H,4,7-10H2,1H3,(H,21,24)(H,22,25)/t16-/m1/s1. The highest BCUT2D eigenvalue weighted by Gasteiger charge is 2.33. The summed E-state index contributed by atoms with van der Waals surface area (Å²) in [7, 11) is 0. The van der Waals surface area contributed by atoms with E-state index >= 15 is 0 Å². The van der Waals surface area contributed by atoms with Gasteiger partial charge in [-0.1, -0.05) is 18.2 Å². The highest BCUT2D eigenvalue weighted by atomic mass is 16.5. The van der Waals surface area contributed by atoms with E-state index in [1.54, 1.807) is 6.20 Å². The summed E-state index contributed by atoms with van der Waals surface area (Å²) in [4.78, 5) is 24.6. The van der Waals surface area contributed by atoms with Crippen molar-refractivity contribution in [2.75, 3.05) is 6.61 Å². The van der Waals surface area contributed by atoms with E-state index in [4.69, 9.17) is 4.74 Å². The molecule has 0 radical (unpaired) electrons. The van der Waals surface area contributed by atoms with Crippen LogP contribution in [0, 0.1) is 6.92 Å². The normalized spacial score (nSPS) is 19.3. The lowest BCUT2D eigenvalue weighted by Crippen LogP contribution is -2.46. The smallest absolute Gasteiger partial charge is 0.273 e. The van der Waals surface area contributed by atoms with Crippen molar-refractivity contribution in [1.82, 2.24) is 20.6 Å². The highest BCUT2D eigenvalue weighted by Crippen LogP contribution is 2.42. The third kappa shape index (κ3) is 3.22. The van der Waals surface area contributed by atoms with E-state index in [1.807, 2.05) is 35.9 Å². The molecule has 7 nitrogen and oxygen atoms in total. The van der Waals surface area contributed by atoms with Gasteiger partial charge in [0.05, 0.1) is 23.1 Å². The number of amides is 2. The first-order chi connectivity index (χ1) is 12.6. The number of hydrogen-bond donors (Lipinski definition) is 2. The molecule has 0 spiro atoms. The Bertz CT molecular complexity index is 835. The molecule has 0 unspecified atom stereocenters. The number of hydrazine groups is 1. The Balaban J connectivity index is 1.54. The summed E-state index contributed by atoms with van der Waals surface area (Å²) in [5.74, 6) is -0.333. The number of nitrogens with one attached hydrogen (secondary N) is 2. The minimum Gasteiger partial charge on any atom is -0.368 e. The molecule has 2 amide bonds. The molecule has 1 saturated heterocycles. The van der Waals surface area contributed by atoms with Crippen LogP contribution in [0.4, 0.5) is 0 Å². The van der Waals surface area contributed by atoms with Gasteiger partial charge in [-0.2, -0.15) is 5.10 Å². The van der Waals surface area contributed by atoms with E-state index in [2.05, 4.69) is 16.0 Å². The SMILES string of the molecule is Cc1ccccc1-n1ncc(C(=O)NNC(=O)[C@H]2CCCO2)c1C1CC1. The van der Waals surface area contributed by atoms with E-state index in [0.717, 1.165) is 36.2 Å². The number of hydrogen-bond acceptors (Lipinski definition) is 4. The van der Waals surface area contributed by atoms with Gasteiger partial charge in [0.15, 0.2) is 0 Å². The number of rotatable bonds is 4. The van der Waals surface area contributed by atoms with Crippen LogP contribution >= 0.6 is 0 Å². The maximum atomic E-state index is 12.6. The van der Waals surface area contributed by atoms with Crippen molar-refractivity contribution in [2.45, 2.75) is 44.6 Å². The van der Waals surface area contributed by atoms with Gasteiger partial charge in [0.1, 0.15) is 6.10 Å². The Hall–Kier alpha value is -2.67. The quantitative estimate of drug-likeness (QED) is 0.823. The molecule has 1 aliphatic heterocycles. The summed E-state index contributed by atoms with van der Waals surface area (Å²) in [5, 5.41) is 4.45. The van der Waals surface area contributed by atoms with Crippen molar-refractivity contribution in [3.05, 3.63) is 47.3 Å². The fraction of sp³-hybridized carbons (Fsp3) is 0.421. The fourth-order valence-corrected chi connectivity index (χ4v) is 3.33. The van der Waals surface area contributed by atoms with Crippen LogP contribution in [-0.2, 0) is 9.53 Å². The molecule has 4 rings (SSSR count). The number of nitrogens with zero attached hydrogens (tertiary/aromatic N) is 2. The molecular weight excluding hydrogens is 332 g/mol. The first-order valence-electron chi connectivity index (χ1n) is 9.01. The molecule has 136 valence electrons. The minimum absolute atomic E-state index is 0.310. The van der Waals surface area contributed by atoms with Gasteiger partial charge in [-0.05, 0) is 44.2 Å². The van der Waals surface area contributed by atoms with Crippen molar-refractivity contribution in [3.63, 3.8) is 0 Å². The Morgan fingerprint density at radius 1 is 1.19 bits per heavy atom. The Morgan fingerprint density at radius 3 is 2.69 bits per heavy atom. The van der Waals surface area contributed by atoms with Crippen LogP contribution in [0.15, 0.2) is 30.5 Å². The molecule has 1 aromatic heterocycles. The summed E-state index contributed by atoms with van der Waals surface area (Å²) in [6, 6.07) is 7.96. The predicted octanol–water partition coefficient (Wildman–Crippen LogP) is 2.00. The van der Waals surface area contributed by atoms with Crippen LogP contribution < -0.4 is 10.9 Å². The topological polar surface area (TPSA) is 85.3 Å². The second-order valence-electron chi connectivity index (χ2n) is 6.86. The first-order valence-corrected chi connectivity index (χ1v) is 9.01. The summed E-state index contributed by atoms with van der Waals surface area (Å²) in [6.45, 7) is 2.61. The number of para-hydroxylation sites is 1. The zero-order valence-corrected chi connectivity index (χ0v) is 14.7. The van der Waals surface area contributed by atoms with Gasteiger partial charge >= 0.3 is 0 Å². The van der Waals surface area contributed by atoms with Crippen molar-refractivity contribution >= 4 is 11.8 Å². The maximum absolute atomic E-state index is 12.6. The molecule has 26 heavy (non-hydrogen) atoms. The molecule has 1 aliphatic carbocycles. The number of aromatic nitrogens is 2. The van der Waals surface area contributed by atoms with E-state index in [-0.39, 0.29) is 11.8 Å². The largest absolute Gasteiger partial charge is 0.368 e. The Kier molecular flexibility index (Phi) is 4.46. The number of benzene rings is 1. The molecule has 7 heteroatoms. The second-order valence-corrected chi connectivity index (χ2v) is 6.86. The Labute approximate surface area is 151 Å². The number of carbonyl (C=O) groups excluding carboxylic acids is 2. The lowest BCUT2D eigenvalue weighted by molar-refractivity contribution is -0.130. The van der Waals surface area contributed by atoms with Crippen molar-refractivity contribution < 1.29 is 14.3 Å². The van der Waals surface area contributed by atoms with Gasteiger partial charge < -0.3 is 4.74 Å². The van der Waals surface area contributed by atoms with Gasteiger partial charge in [0.25, 0.3) is 11.8 Å². The van der Waals surface area contributed by atoms with Crippen LogP contribution in [0.2, 0.25) is 0 Å². The fourth-order valence-electron chi connectivity index (χ4n) is 3.33. The number of ether oxygens (including phenoxy) is 1. The zero-order valence-electron chi connectivity index (χ0n) is 14.7. The average molecular weight is 354 g/mol. The lowest BCUT2D eigenvalue weighted by Gasteiger charge is -2.13. The molecule has 2 fully saturated rings. The third-order valence-corrected chi connectivity index (χ3v) is 4.88. The maximum Gasteiger partial charge on any atom is 0.273 e. The molecule has 2 N–H and O–H groups in total. The molecule has 1 saturated carbocycles. The summed E-state index contributed by atoms with van der Waals surface area (Å²) >= 11 is 0. The molecule has 2 aliphatic rings. The van der Waals surface area contributed by atoms with Crippen molar-refractivity contribution in [3.8, 4) is 5.69 Å². The van der Waals surface area contributed by atoms with Crippen molar-refractivity contribution in [2.24, 2.45) is 0 Å². The van der Waals surface area contributed by atoms with Gasteiger partial charge in [0.2, 0.25) is 0 Å². The second kappa shape index (κ2) is 6.92. The predicted molar refractivity (Wildman–Crippen MR) is 94.9 cm³/mol. The molecule has 1 atom stereocenters. The van der Waals surface area contributed by atoms with Gasteiger partial charge in [-0.3, -0.25) is 20.4 Å². The average Bonchev–Trinajstić information content (AvgIpc) is 3.16. The van der Waals surface area contributed by atoms with Crippen LogP contribution in [0.5, 0.6) is 0 Å². The molecule has 2 aromatic rings. The number of carbonyl (C=O) groups is 2. The van der Waals surface area contributed by atoms with E-state index in [1.165, 1.54) is 0 Å².